The van der Waals surface area contributed by atoms with E-state index in [9.17, 15) is 19.8 Å². The van der Waals surface area contributed by atoms with Crippen molar-refractivity contribution in [3.05, 3.63) is 0 Å². The van der Waals surface area contributed by atoms with Crippen molar-refractivity contribution in [3.63, 3.8) is 0 Å². The van der Waals surface area contributed by atoms with Crippen molar-refractivity contribution in [1.82, 2.24) is 9.80 Å². The molecule has 0 aromatic rings. The van der Waals surface area contributed by atoms with Gasteiger partial charge in [0.05, 0.1) is 0 Å². The predicted molar refractivity (Wildman–Crippen MR) is 496 cm³/mol. The Hall–Kier alpha value is 0.120. The molecule has 0 radical (unpaired) electrons. The fourth-order valence-corrected chi connectivity index (χ4v) is 17.5. The van der Waals surface area contributed by atoms with E-state index < -0.39 is 11.9 Å². The zero-order chi connectivity index (χ0) is 79.9. The van der Waals surface area contributed by atoms with Crippen molar-refractivity contribution < 1.29 is 19.8 Å². The Kier molecular flexibility index (Phi) is 108. The fraction of sp³-hybridized carbons (Fsp3) is 0.981. The van der Waals surface area contributed by atoms with E-state index in [0.29, 0.717) is 0 Å². The SMILES string of the molecule is CCCCCCCCCCCCCCCCCCCCCCCCN(CCCCCCCCCCCCCCCCCCCCCCCC)C(C)CC(=O)[O-].CCCCCCCCCCCCCCCCCCCCCCCCN(CCCCCCCCCCCCCCCCCCCCCCCC)C(C)CC(=O)[O-].[Ca+2]. The first-order valence-electron chi connectivity index (χ1n) is 52.1. The van der Waals surface area contributed by atoms with Crippen LogP contribution in [0.5, 0.6) is 0 Å². The summed E-state index contributed by atoms with van der Waals surface area (Å²) in [5, 5.41) is 22.6. The van der Waals surface area contributed by atoms with Gasteiger partial charge in [-0.3, -0.25) is 0 Å². The van der Waals surface area contributed by atoms with Crippen molar-refractivity contribution in [2.75, 3.05) is 26.2 Å². The van der Waals surface area contributed by atoms with Crippen LogP contribution in [0.1, 0.15) is 619 Å². The maximum atomic E-state index is 11.3. The van der Waals surface area contributed by atoms with E-state index in [4.69, 9.17) is 0 Å². The number of carbonyl (C=O) groups excluding carboxylic acids is 2. The first-order valence-corrected chi connectivity index (χ1v) is 52.1. The number of hydrogen-bond donors (Lipinski definition) is 0. The molecule has 0 aliphatic carbocycles. The van der Waals surface area contributed by atoms with Crippen molar-refractivity contribution in [2.45, 2.75) is 632 Å². The van der Waals surface area contributed by atoms with Gasteiger partial charge >= 0.3 is 37.7 Å². The maximum Gasteiger partial charge on any atom is 2.00 e. The number of carboxylic acid groups (broad SMARTS) is 2. The van der Waals surface area contributed by atoms with Crippen LogP contribution in [0.15, 0.2) is 0 Å². The average Bonchev–Trinajstić information content (AvgIpc) is 0.943. The first kappa shape index (κ1) is 115. The summed E-state index contributed by atoms with van der Waals surface area (Å²) in [6.45, 7) is 17.6. The van der Waals surface area contributed by atoms with Gasteiger partial charge in [0, 0.05) is 36.9 Å². The van der Waals surface area contributed by atoms with Crippen molar-refractivity contribution in [3.8, 4) is 0 Å². The largest absolute Gasteiger partial charge is 2.00 e. The van der Waals surface area contributed by atoms with Gasteiger partial charge < -0.3 is 29.6 Å². The number of rotatable bonds is 98. The fourth-order valence-electron chi connectivity index (χ4n) is 17.5. The van der Waals surface area contributed by atoms with Gasteiger partial charge in [0.1, 0.15) is 0 Å². The smallest absolute Gasteiger partial charge is 0.550 e. The molecule has 0 saturated heterocycles. The van der Waals surface area contributed by atoms with E-state index in [-0.39, 0.29) is 62.7 Å². The van der Waals surface area contributed by atoms with Crippen LogP contribution in [-0.4, -0.2) is 97.7 Å². The van der Waals surface area contributed by atoms with Crippen LogP contribution < -0.4 is 10.2 Å². The van der Waals surface area contributed by atoms with Crippen molar-refractivity contribution in [2.24, 2.45) is 0 Å². The van der Waals surface area contributed by atoms with Crippen LogP contribution in [0.2, 0.25) is 0 Å². The third-order valence-electron chi connectivity index (χ3n) is 25.4. The van der Waals surface area contributed by atoms with Crippen LogP contribution in [0.4, 0.5) is 0 Å². The Morgan fingerprint density at radius 1 is 0.171 bits per heavy atom. The van der Waals surface area contributed by atoms with Gasteiger partial charge in [-0.15, -0.1) is 0 Å². The minimum Gasteiger partial charge on any atom is -0.550 e. The van der Waals surface area contributed by atoms with E-state index in [1.165, 1.54) is 565 Å². The molecule has 0 fully saturated rings. The molecule has 0 aromatic carbocycles. The van der Waals surface area contributed by atoms with E-state index in [1.807, 2.05) is 0 Å². The Labute approximate surface area is 731 Å². The normalized spacial score (nSPS) is 12.2. The molecule has 0 N–H and O–H groups in total. The minimum atomic E-state index is -0.902. The van der Waals surface area contributed by atoms with Crippen LogP contribution in [0.3, 0.4) is 0 Å². The number of hydrogen-bond acceptors (Lipinski definition) is 6. The Balaban J connectivity index is -0.00000208. The summed E-state index contributed by atoms with van der Waals surface area (Å²) in [5.74, 6) is -1.80. The van der Waals surface area contributed by atoms with Crippen LogP contribution in [0, 0.1) is 0 Å². The topological polar surface area (TPSA) is 86.7 Å². The monoisotopic (exact) mass is 1590 g/mol. The second kappa shape index (κ2) is 104. The number of carboxylic acids is 2. The number of unbranched alkanes of at least 4 members (excludes halogenated alkanes) is 84. The molecular weight excluding hydrogens is 1380 g/mol. The van der Waals surface area contributed by atoms with Gasteiger partial charge in [0.2, 0.25) is 0 Å². The molecule has 660 valence electrons. The summed E-state index contributed by atoms with van der Waals surface area (Å²) in [6.07, 6.45) is 125. The molecule has 0 rings (SSSR count). The van der Waals surface area contributed by atoms with Crippen LogP contribution in [0.25, 0.3) is 0 Å². The Bertz CT molecular complexity index is 1450. The maximum absolute atomic E-state index is 11.3. The van der Waals surface area contributed by atoms with E-state index in [2.05, 4.69) is 51.3 Å². The van der Waals surface area contributed by atoms with E-state index in [0.717, 1.165) is 26.2 Å². The van der Waals surface area contributed by atoms with Crippen molar-refractivity contribution >= 4 is 49.7 Å². The Morgan fingerprint density at radius 2 is 0.252 bits per heavy atom. The second-order valence-corrected chi connectivity index (χ2v) is 36.6. The van der Waals surface area contributed by atoms with Gasteiger partial charge in [-0.25, -0.2) is 0 Å². The first-order chi connectivity index (χ1) is 54.2. The second-order valence-electron chi connectivity index (χ2n) is 36.6. The summed E-state index contributed by atoms with van der Waals surface area (Å²) in [6, 6.07) is 0.185. The average molecular weight is 1590 g/mol. The third kappa shape index (κ3) is 102. The molecule has 6 nitrogen and oxygen atoms in total. The molecule has 0 saturated carbocycles. The molecular formula is C104H208CaN2O4. The van der Waals surface area contributed by atoms with Gasteiger partial charge in [0.15, 0.2) is 0 Å². The standard InChI is InChI=1S/2C52H105NO2.Ca/c2*1-4-6-8-10-12-14-16-18-20-22-24-26-28-30-32-34-36-38-40-42-44-46-48-53(51(3)50-52(54)55)49-47-45-43-41-39-37-35-33-31-29-27-25-23-21-19-17-15-13-11-9-7-5-2;/h2*51H,4-50H2,1-3H3,(H,54,55);/q;;+2/p-2. The van der Waals surface area contributed by atoms with E-state index >= 15 is 0 Å². The number of carbonyl (C=O) groups is 2. The summed E-state index contributed by atoms with van der Waals surface area (Å²) < 4.78 is 0. The molecule has 0 amide bonds. The van der Waals surface area contributed by atoms with Crippen LogP contribution in [-0.2, 0) is 9.59 Å². The molecule has 111 heavy (non-hydrogen) atoms. The quantitative estimate of drug-likeness (QED) is 0.0445. The molecule has 0 aliphatic heterocycles. The predicted octanol–water partition coefficient (Wildman–Crippen LogP) is 33.7. The zero-order valence-corrected chi connectivity index (χ0v) is 80.1. The number of aliphatic carboxylic acids is 2. The summed E-state index contributed by atoms with van der Waals surface area (Å²) >= 11 is 0. The van der Waals surface area contributed by atoms with Gasteiger partial charge in [-0.1, -0.05) is 567 Å². The van der Waals surface area contributed by atoms with Gasteiger partial charge in [-0.05, 0) is 65.7 Å². The zero-order valence-electron chi connectivity index (χ0n) is 77.9. The molecule has 0 heterocycles. The van der Waals surface area contributed by atoms with Gasteiger partial charge in [0.25, 0.3) is 0 Å². The molecule has 7 heteroatoms. The molecule has 0 aromatic heterocycles. The minimum absolute atomic E-state index is 0. The summed E-state index contributed by atoms with van der Waals surface area (Å²) in [4.78, 5) is 27.5. The van der Waals surface area contributed by atoms with Crippen molar-refractivity contribution in [1.29, 1.82) is 0 Å². The third-order valence-corrected chi connectivity index (χ3v) is 25.4. The molecule has 0 spiro atoms. The summed E-state index contributed by atoms with van der Waals surface area (Å²) in [5.41, 5.74) is 0. The molecule has 0 bridgehead atoms. The molecule has 2 atom stereocenters. The Morgan fingerprint density at radius 3 is 0.333 bits per heavy atom. The number of nitrogens with zero attached hydrogens (tertiary/aromatic N) is 2. The van der Waals surface area contributed by atoms with Gasteiger partial charge in [-0.2, -0.15) is 0 Å². The van der Waals surface area contributed by atoms with E-state index in [1.54, 1.807) is 0 Å². The molecule has 0 aliphatic rings. The molecule has 2 unspecified atom stereocenters. The van der Waals surface area contributed by atoms with Crippen LogP contribution >= 0.6 is 0 Å². The summed E-state index contributed by atoms with van der Waals surface area (Å²) in [7, 11) is 0.